The minimum absolute atomic E-state index is 0.134. The second-order valence-corrected chi connectivity index (χ2v) is 6.53. The summed E-state index contributed by atoms with van der Waals surface area (Å²) < 4.78 is 5.52. The van der Waals surface area contributed by atoms with Gasteiger partial charge in [-0.25, -0.2) is 4.79 Å². The van der Waals surface area contributed by atoms with Crippen LogP contribution in [0.25, 0.3) is 0 Å². The monoisotopic (exact) mass is 353 g/mol. The summed E-state index contributed by atoms with van der Waals surface area (Å²) in [7, 11) is 0. The Morgan fingerprint density at radius 2 is 1.71 bits per heavy atom. The number of carbonyl (C=O) groups is 1. The third-order valence-corrected chi connectivity index (χ3v) is 4.36. The van der Waals surface area contributed by atoms with Gasteiger partial charge in [-0.2, -0.15) is 0 Å². The van der Waals surface area contributed by atoms with Crippen LogP contribution in [0.15, 0.2) is 24.3 Å². The van der Waals surface area contributed by atoms with Crippen molar-refractivity contribution in [1.29, 1.82) is 0 Å². The van der Waals surface area contributed by atoms with Crippen LogP contribution in [0.2, 0.25) is 5.02 Å². The van der Waals surface area contributed by atoms with Crippen molar-refractivity contribution in [1.82, 2.24) is 15.5 Å². The van der Waals surface area contributed by atoms with E-state index in [1.54, 1.807) is 12.1 Å². The highest BCUT2D eigenvalue weighted by Crippen LogP contribution is 2.15. The van der Waals surface area contributed by atoms with E-state index in [2.05, 4.69) is 15.5 Å². The van der Waals surface area contributed by atoms with E-state index in [9.17, 15) is 4.79 Å². The first-order valence-electron chi connectivity index (χ1n) is 8.86. The molecule has 5 nitrogen and oxygen atoms in total. The normalized spacial score (nSPS) is 15.5. The number of carbonyl (C=O) groups excluding carboxylic acids is 1. The fraction of sp³-hybridized carbons (Fsp3) is 0.611. The number of hydrogen-bond acceptors (Lipinski definition) is 3. The zero-order chi connectivity index (χ0) is 17.0. The molecule has 2 rings (SSSR count). The Hall–Kier alpha value is -1.46. The number of benzene rings is 1. The second kappa shape index (κ2) is 11.2. The van der Waals surface area contributed by atoms with E-state index in [0.717, 1.165) is 18.7 Å². The number of halogens is 1. The Bertz CT molecular complexity index is 474. The summed E-state index contributed by atoms with van der Waals surface area (Å²) in [5.74, 6) is 0.749. The molecular formula is C18H28ClN3O2. The van der Waals surface area contributed by atoms with E-state index >= 15 is 0 Å². The summed E-state index contributed by atoms with van der Waals surface area (Å²) >= 11 is 5.81. The van der Waals surface area contributed by atoms with E-state index in [1.165, 1.54) is 38.8 Å². The van der Waals surface area contributed by atoms with Gasteiger partial charge in [0.05, 0.1) is 6.54 Å². The molecule has 6 heteroatoms. The Kier molecular flexibility index (Phi) is 8.77. The molecule has 1 aliphatic rings. The smallest absolute Gasteiger partial charge is 0.314 e. The lowest BCUT2D eigenvalue weighted by Crippen LogP contribution is -2.39. The highest BCUT2D eigenvalue weighted by molar-refractivity contribution is 6.30. The first-order valence-corrected chi connectivity index (χ1v) is 9.24. The van der Waals surface area contributed by atoms with Gasteiger partial charge in [0.25, 0.3) is 0 Å². The summed E-state index contributed by atoms with van der Waals surface area (Å²) in [4.78, 5) is 14.2. The molecule has 0 unspecified atom stereocenters. The predicted octanol–water partition coefficient (Wildman–Crippen LogP) is 3.28. The predicted molar refractivity (Wildman–Crippen MR) is 97.9 cm³/mol. The molecule has 1 saturated heterocycles. The molecule has 0 bridgehead atoms. The molecule has 0 radical (unpaired) electrons. The molecule has 0 atom stereocenters. The lowest BCUT2D eigenvalue weighted by molar-refractivity contribution is 0.234. The molecule has 134 valence electrons. The lowest BCUT2D eigenvalue weighted by Gasteiger charge is -2.19. The molecule has 1 heterocycles. The Labute approximate surface area is 149 Å². The number of amides is 2. The minimum Gasteiger partial charge on any atom is -0.492 e. The van der Waals surface area contributed by atoms with Gasteiger partial charge in [-0.15, -0.1) is 0 Å². The highest BCUT2D eigenvalue weighted by Gasteiger charge is 2.08. The van der Waals surface area contributed by atoms with Crippen molar-refractivity contribution >= 4 is 17.6 Å². The van der Waals surface area contributed by atoms with E-state index < -0.39 is 0 Å². The molecule has 2 amide bonds. The Morgan fingerprint density at radius 3 is 2.42 bits per heavy atom. The largest absolute Gasteiger partial charge is 0.492 e. The molecule has 1 aromatic rings. The average molecular weight is 354 g/mol. The second-order valence-electron chi connectivity index (χ2n) is 6.09. The first-order chi connectivity index (χ1) is 11.7. The summed E-state index contributed by atoms with van der Waals surface area (Å²) in [6.07, 6.45) is 6.32. The van der Waals surface area contributed by atoms with Crippen LogP contribution >= 0.6 is 11.6 Å². The van der Waals surface area contributed by atoms with Gasteiger partial charge in [0.2, 0.25) is 0 Å². The van der Waals surface area contributed by atoms with E-state index in [4.69, 9.17) is 16.3 Å². The van der Waals surface area contributed by atoms with Gasteiger partial charge in [0.1, 0.15) is 12.4 Å². The SMILES string of the molecule is O=C(NCCCN1CCCCCC1)NCCOc1ccc(Cl)cc1. The Morgan fingerprint density at radius 1 is 1.04 bits per heavy atom. The van der Waals surface area contributed by atoms with Crippen LogP contribution in [0, 0.1) is 0 Å². The van der Waals surface area contributed by atoms with Crippen molar-refractivity contribution in [3.8, 4) is 5.75 Å². The van der Waals surface area contributed by atoms with Crippen molar-refractivity contribution in [2.45, 2.75) is 32.1 Å². The molecule has 1 aromatic carbocycles. The van der Waals surface area contributed by atoms with Crippen molar-refractivity contribution in [2.75, 3.05) is 39.3 Å². The summed E-state index contributed by atoms with van der Waals surface area (Å²) in [5, 5.41) is 6.37. The van der Waals surface area contributed by atoms with Gasteiger partial charge in [0.15, 0.2) is 0 Å². The number of ether oxygens (including phenoxy) is 1. The maximum Gasteiger partial charge on any atom is 0.314 e. The fourth-order valence-corrected chi connectivity index (χ4v) is 2.92. The molecule has 1 fully saturated rings. The molecule has 0 aromatic heterocycles. The number of hydrogen-bond donors (Lipinski definition) is 2. The van der Waals surface area contributed by atoms with Crippen LogP contribution < -0.4 is 15.4 Å². The molecular weight excluding hydrogens is 326 g/mol. The van der Waals surface area contributed by atoms with Gasteiger partial charge in [-0.05, 0) is 63.2 Å². The van der Waals surface area contributed by atoms with Gasteiger partial charge in [0, 0.05) is 11.6 Å². The quantitative estimate of drug-likeness (QED) is 0.705. The van der Waals surface area contributed by atoms with Crippen molar-refractivity contribution < 1.29 is 9.53 Å². The molecule has 1 aliphatic heterocycles. The Balaban J connectivity index is 1.46. The number of nitrogens with zero attached hydrogens (tertiary/aromatic N) is 1. The van der Waals surface area contributed by atoms with Crippen molar-refractivity contribution in [3.63, 3.8) is 0 Å². The molecule has 0 spiro atoms. The number of likely N-dealkylation sites (tertiary alicyclic amines) is 1. The van der Waals surface area contributed by atoms with Crippen LogP contribution in [0.5, 0.6) is 5.75 Å². The van der Waals surface area contributed by atoms with Crippen LogP contribution in [0.4, 0.5) is 4.79 Å². The topological polar surface area (TPSA) is 53.6 Å². The number of urea groups is 1. The minimum atomic E-state index is -0.134. The van der Waals surface area contributed by atoms with Crippen LogP contribution in [-0.4, -0.2) is 50.3 Å². The van der Waals surface area contributed by atoms with Gasteiger partial charge in [-0.1, -0.05) is 24.4 Å². The van der Waals surface area contributed by atoms with Crippen LogP contribution in [-0.2, 0) is 0 Å². The highest BCUT2D eigenvalue weighted by atomic mass is 35.5. The molecule has 0 aliphatic carbocycles. The fourth-order valence-electron chi connectivity index (χ4n) is 2.79. The van der Waals surface area contributed by atoms with Crippen LogP contribution in [0.1, 0.15) is 32.1 Å². The molecule has 2 N–H and O–H groups in total. The number of rotatable bonds is 8. The zero-order valence-corrected chi connectivity index (χ0v) is 15.0. The van der Waals surface area contributed by atoms with Crippen molar-refractivity contribution in [2.24, 2.45) is 0 Å². The van der Waals surface area contributed by atoms with E-state index in [-0.39, 0.29) is 6.03 Å². The summed E-state index contributed by atoms with van der Waals surface area (Å²) in [6.45, 7) is 5.09. The first kappa shape index (κ1) is 18.9. The average Bonchev–Trinajstić information content (AvgIpc) is 2.86. The van der Waals surface area contributed by atoms with Gasteiger partial charge < -0.3 is 20.3 Å². The lowest BCUT2D eigenvalue weighted by atomic mass is 10.2. The number of nitrogens with one attached hydrogen (secondary N) is 2. The maximum absolute atomic E-state index is 11.7. The third kappa shape index (κ3) is 7.88. The van der Waals surface area contributed by atoms with Gasteiger partial charge in [-0.3, -0.25) is 0 Å². The van der Waals surface area contributed by atoms with E-state index in [1.807, 2.05) is 12.1 Å². The van der Waals surface area contributed by atoms with Crippen molar-refractivity contribution in [3.05, 3.63) is 29.3 Å². The molecule has 24 heavy (non-hydrogen) atoms. The molecule has 0 saturated carbocycles. The maximum atomic E-state index is 11.7. The van der Waals surface area contributed by atoms with Gasteiger partial charge >= 0.3 is 6.03 Å². The van der Waals surface area contributed by atoms with E-state index in [0.29, 0.717) is 24.7 Å². The third-order valence-electron chi connectivity index (χ3n) is 4.11. The summed E-state index contributed by atoms with van der Waals surface area (Å²) in [5.41, 5.74) is 0. The summed E-state index contributed by atoms with van der Waals surface area (Å²) in [6, 6.07) is 7.05. The van der Waals surface area contributed by atoms with Crippen LogP contribution in [0.3, 0.4) is 0 Å². The zero-order valence-electron chi connectivity index (χ0n) is 14.2. The standard InChI is InChI=1S/C18H28ClN3O2/c19-16-6-8-17(9-7-16)24-15-11-21-18(23)20-10-5-14-22-12-3-1-2-4-13-22/h6-9H,1-5,10-15H2,(H2,20,21,23).